The van der Waals surface area contributed by atoms with E-state index in [0.29, 0.717) is 11.6 Å². The van der Waals surface area contributed by atoms with Crippen molar-refractivity contribution < 1.29 is 14.3 Å². The molecule has 3 aromatic rings. The lowest BCUT2D eigenvalue weighted by Crippen LogP contribution is -2.26. The average Bonchev–Trinajstić information content (AvgIpc) is 2.84. The third-order valence-electron chi connectivity index (χ3n) is 3.20. The Hall–Kier alpha value is -3.02. The number of H-pyrrole nitrogens is 1. The van der Waals surface area contributed by atoms with Crippen LogP contribution in [0.2, 0.25) is 0 Å². The SMILES string of the molecule is CC(C)(C)OC(=O)Oc1[nH]c2ccccc2c1Nc1ccncc1. The second-order valence-electron chi connectivity index (χ2n) is 6.30. The molecule has 0 spiro atoms. The molecule has 6 nitrogen and oxygen atoms in total. The van der Waals surface area contributed by atoms with Crippen LogP contribution in [0.3, 0.4) is 0 Å². The fraction of sp³-hybridized carbons (Fsp3) is 0.222. The first-order valence-electron chi connectivity index (χ1n) is 7.61. The van der Waals surface area contributed by atoms with Crippen molar-refractivity contribution in [3.63, 3.8) is 0 Å². The number of carbonyl (C=O) groups is 1. The molecule has 6 heteroatoms. The van der Waals surface area contributed by atoms with Crippen LogP contribution in [-0.2, 0) is 4.74 Å². The molecule has 0 fully saturated rings. The summed E-state index contributed by atoms with van der Waals surface area (Å²) in [6, 6.07) is 11.3. The normalized spacial score (nSPS) is 11.3. The van der Waals surface area contributed by atoms with Crippen LogP contribution in [0, 0.1) is 0 Å². The van der Waals surface area contributed by atoms with Crippen molar-refractivity contribution in [2.24, 2.45) is 0 Å². The molecule has 2 heterocycles. The zero-order chi connectivity index (χ0) is 17.2. The van der Waals surface area contributed by atoms with Crippen LogP contribution in [0.4, 0.5) is 16.2 Å². The average molecular weight is 325 g/mol. The van der Waals surface area contributed by atoms with Gasteiger partial charge in [-0.3, -0.25) is 4.98 Å². The molecule has 0 atom stereocenters. The lowest BCUT2D eigenvalue weighted by Gasteiger charge is -2.18. The van der Waals surface area contributed by atoms with Crippen molar-refractivity contribution in [3.05, 3.63) is 48.8 Å². The summed E-state index contributed by atoms with van der Waals surface area (Å²) < 4.78 is 10.6. The van der Waals surface area contributed by atoms with Crippen molar-refractivity contribution >= 4 is 28.4 Å². The molecule has 24 heavy (non-hydrogen) atoms. The number of carbonyl (C=O) groups excluding carboxylic acids is 1. The minimum atomic E-state index is -0.758. The maximum Gasteiger partial charge on any atom is 0.515 e. The smallest absolute Gasteiger partial charge is 0.428 e. The van der Waals surface area contributed by atoms with Crippen molar-refractivity contribution in [1.82, 2.24) is 9.97 Å². The Labute approximate surface area is 139 Å². The number of nitrogens with zero attached hydrogens (tertiary/aromatic N) is 1. The summed E-state index contributed by atoms with van der Waals surface area (Å²) in [5, 5.41) is 4.17. The van der Waals surface area contributed by atoms with E-state index in [2.05, 4.69) is 15.3 Å². The number of rotatable bonds is 3. The summed E-state index contributed by atoms with van der Waals surface area (Å²) >= 11 is 0. The zero-order valence-electron chi connectivity index (χ0n) is 13.8. The number of hydrogen-bond acceptors (Lipinski definition) is 5. The quantitative estimate of drug-likeness (QED) is 0.687. The van der Waals surface area contributed by atoms with Crippen molar-refractivity contribution in [2.45, 2.75) is 26.4 Å². The van der Waals surface area contributed by atoms with E-state index in [-0.39, 0.29) is 0 Å². The van der Waals surface area contributed by atoms with Crippen LogP contribution in [0.15, 0.2) is 48.8 Å². The van der Waals surface area contributed by atoms with E-state index in [1.165, 1.54) is 0 Å². The summed E-state index contributed by atoms with van der Waals surface area (Å²) in [4.78, 5) is 19.1. The largest absolute Gasteiger partial charge is 0.515 e. The van der Waals surface area contributed by atoms with Gasteiger partial charge in [0, 0.05) is 23.5 Å². The second kappa shape index (κ2) is 6.23. The number of ether oxygens (including phenoxy) is 2. The Bertz CT molecular complexity index is 851. The molecule has 0 bridgehead atoms. The Kier molecular flexibility index (Phi) is 4.12. The molecule has 3 rings (SSSR count). The molecule has 124 valence electrons. The Morgan fingerprint density at radius 1 is 1.12 bits per heavy atom. The Balaban J connectivity index is 1.94. The molecule has 0 aliphatic carbocycles. The van der Waals surface area contributed by atoms with E-state index in [0.717, 1.165) is 16.6 Å². The number of benzene rings is 1. The monoisotopic (exact) mass is 325 g/mol. The third kappa shape index (κ3) is 3.65. The highest BCUT2D eigenvalue weighted by atomic mass is 16.7. The van der Waals surface area contributed by atoms with Crippen LogP contribution in [-0.4, -0.2) is 21.7 Å². The van der Waals surface area contributed by atoms with Crippen molar-refractivity contribution in [1.29, 1.82) is 0 Å². The first-order chi connectivity index (χ1) is 11.4. The first-order valence-corrected chi connectivity index (χ1v) is 7.61. The molecule has 0 amide bonds. The van der Waals surface area contributed by atoms with Crippen LogP contribution in [0.5, 0.6) is 5.88 Å². The van der Waals surface area contributed by atoms with Crippen molar-refractivity contribution in [2.75, 3.05) is 5.32 Å². The fourth-order valence-electron chi connectivity index (χ4n) is 2.25. The fourth-order valence-corrected chi connectivity index (χ4v) is 2.25. The molecule has 0 saturated carbocycles. The minimum Gasteiger partial charge on any atom is -0.428 e. The van der Waals surface area contributed by atoms with Crippen molar-refractivity contribution in [3.8, 4) is 5.88 Å². The number of aromatic nitrogens is 2. The number of fused-ring (bicyclic) bond motifs is 1. The number of aromatic amines is 1. The predicted octanol–water partition coefficient (Wildman–Crippen LogP) is 4.62. The topological polar surface area (TPSA) is 76.2 Å². The zero-order valence-corrected chi connectivity index (χ0v) is 13.8. The van der Waals surface area contributed by atoms with Gasteiger partial charge in [0.15, 0.2) is 0 Å². The molecule has 0 unspecified atom stereocenters. The number of hydrogen-bond donors (Lipinski definition) is 2. The number of nitrogens with one attached hydrogen (secondary N) is 2. The molecule has 2 aromatic heterocycles. The Morgan fingerprint density at radius 2 is 1.83 bits per heavy atom. The molecule has 2 N–H and O–H groups in total. The number of pyridine rings is 1. The predicted molar refractivity (Wildman–Crippen MR) is 92.7 cm³/mol. The van der Waals surface area contributed by atoms with Gasteiger partial charge in [0.25, 0.3) is 0 Å². The van der Waals surface area contributed by atoms with Crippen LogP contribution >= 0.6 is 0 Å². The van der Waals surface area contributed by atoms with Gasteiger partial charge in [0.2, 0.25) is 5.88 Å². The van der Waals surface area contributed by atoms with E-state index in [1.54, 1.807) is 33.2 Å². The Morgan fingerprint density at radius 3 is 2.54 bits per heavy atom. The van der Waals surface area contributed by atoms with Gasteiger partial charge in [-0.05, 0) is 39.0 Å². The van der Waals surface area contributed by atoms with E-state index in [1.807, 2.05) is 36.4 Å². The molecular weight excluding hydrogens is 306 g/mol. The lowest BCUT2D eigenvalue weighted by molar-refractivity contribution is 0.0200. The van der Waals surface area contributed by atoms with Gasteiger partial charge < -0.3 is 19.8 Å². The highest BCUT2D eigenvalue weighted by Gasteiger charge is 2.21. The molecule has 0 saturated heterocycles. The molecule has 0 aliphatic rings. The van der Waals surface area contributed by atoms with Gasteiger partial charge >= 0.3 is 6.16 Å². The van der Waals surface area contributed by atoms with Gasteiger partial charge in [-0.25, -0.2) is 4.79 Å². The summed E-state index contributed by atoms with van der Waals surface area (Å²) in [5.74, 6) is 0.308. The first kappa shape index (κ1) is 15.9. The second-order valence-corrected chi connectivity index (χ2v) is 6.30. The van der Waals surface area contributed by atoms with Gasteiger partial charge in [0.05, 0.1) is 5.52 Å². The van der Waals surface area contributed by atoms with Crippen LogP contribution in [0.1, 0.15) is 20.8 Å². The van der Waals surface area contributed by atoms with Gasteiger partial charge in [-0.1, -0.05) is 18.2 Å². The number of anilines is 2. The maximum atomic E-state index is 12.0. The van der Waals surface area contributed by atoms with E-state index in [9.17, 15) is 4.79 Å². The summed E-state index contributed by atoms with van der Waals surface area (Å²) in [5.41, 5.74) is 1.74. The van der Waals surface area contributed by atoms with Crippen LogP contribution in [0.25, 0.3) is 10.9 Å². The standard InChI is InChI=1S/C18H19N3O3/c1-18(2,3)24-17(22)23-16-15(20-12-8-10-19-11-9-12)13-6-4-5-7-14(13)21-16/h4-11,21H,1-3H3,(H,19,20). The molecule has 1 aromatic carbocycles. The number of para-hydroxylation sites is 1. The maximum absolute atomic E-state index is 12.0. The highest BCUT2D eigenvalue weighted by Crippen LogP contribution is 2.36. The summed E-state index contributed by atoms with van der Waals surface area (Å²) in [6.07, 6.45) is 2.61. The third-order valence-corrected chi connectivity index (χ3v) is 3.20. The highest BCUT2D eigenvalue weighted by molar-refractivity contribution is 5.98. The van der Waals surface area contributed by atoms with E-state index >= 15 is 0 Å². The minimum absolute atomic E-state index is 0.308. The van der Waals surface area contributed by atoms with Gasteiger partial charge in [-0.15, -0.1) is 0 Å². The van der Waals surface area contributed by atoms with E-state index in [4.69, 9.17) is 9.47 Å². The van der Waals surface area contributed by atoms with Crippen LogP contribution < -0.4 is 10.1 Å². The van der Waals surface area contributed by atoms with Gasteiger partial charge in [0.1, 0.15) is 11.3 Å². The summed E-state index contributed by atoms with van der Waals surface area (Å²) in [7, 11) is 0. The van der Waals surface area contributed by atoms with E-state index < -0.39 is 11.8 Å². The van der Waals surface area contributed by atoms with Gasteiger partial charge in [-0.2, -0.15) is 0 Å². The molecular formula is C18H19N3O3. The molecule has 0 radical (unpaired) electrons. The lowest BCUT2D eigenvalue weighted by atomic mass is 10.2. The summed E-state index contributed by atoms with van der Waals surface area (Å²) in [6.45, 7) is 5.36. The molecule has 0 aliphatic heterocycles.